The van der Waals surface area contributed by atoms with E-state index >= 15 is 0 Å². The van der Waals surface area contributed by atoms with Crippen LogP contribution in [0.1, 0.15) is 47.8 Å². The molecular formula is C20H23N3O2. The van der Waals surface area contributed by atoms with Gasteiger partial charge in [-0.2, -0.15) is 0 Å². The van der Waals surface area contributed by atoms with Crippen LogP contribution in [-0.4, -0.2) is 17.9 Å². The lowest BCUT2D eigenvalue weighted by molar-refractivity contribution is -0.118. The van der Waals surface area contributed by atoms with Crippen molar-refractivity contribution in [3.8, 4) is 0 Å². The van der Waals surface area contributed by atoms with E-state index in [-0.39, 0.29) is 23.9 Å². The van der Waals surface area contributed by atoms with Crippen LogP contribution in [0.15, 0.2) is 48.5 Å². The largest absolute Gasteiger partial charge is 0.350 e. The van der Waals surface area contributed by atoms with Crippen molar-refractivity contribution in [2.24, 2.45) is 0 Å². The molecule has 2 aromatic rings. The fourth-order valence-corrected chi connectivity index (χ4v) is 2.86. The maximum atomic E-state index is 12.5. The molecule has 0 saturated heterocycles. The standard InChI is InChI=1S/C20H23N3O2/c1-3-13(2)22-19(24)14-8-10-16(11-9-14)23-20(25)18-17-7-5-4-6-15(17)12-21-18/h4-11,13,18,21H,3,12H2,1-2H3,(H,22,24)(H,23,25). The van der Waals surface area contributed by atoms with Crippen LogP contribution in [0.2, 0.25) is 0 Å². The van der Waals surface area contributed by atoms with Crippen LogP contribution in [0, 0.1) is 0 Å². The number of carbonyl (C=O) groups is 2. The molecule has 1 aliphatic heterocycles. The molecular weight excluding hydrogens is 314 g/mol. The van der Waals surface area contributed by atoms with E-state index in [2.05, 4.69) is 16.0 Å². The lowest BCUT2D eigenvalue weighted by Gasteiger charge is -2.14. The van der Waals surface area contributed by atoms with Gasteiger partial charge in [-0.05, 0) is 48.7 Å². The number of hydrogen-bond donors (Lipinski definition) is 3. The lowest BCUT2D eigenvalue weighted by atomic mass is 10.0. The van der Waals surface area contributed by atoms with Crippen LogP contribution in [-0.2, 0) is 11.3 Å². The molecule has 1 aliphatic rings. The predicted molar refractivity (Wildman–Crippen MR) is 98.3 cm³/mol. The molecule has 3 rings (SSSR count). The van der Waals surface area contributed by atoms with Gasteiger partial charge in [0.1, 0.15) is 6.04 Å². The van der Waals surface area contributed by atoms with Crippen molar-refractivity contribution in [1.29, 1.82) is 0 Å². The molecule has 0 spiro atoms. The molecule has 0 saturated carbocycles. The Kier molecular flexibility index (Phi) is 5.14. The first-order valence-corrected chi connectivity index (χ1v) is 8.61. The molecule has 2 amide bonds. The van der Waals surface area contributed by atoms with Gasteiger partial charge < -0.3 is 10.6 Å². The summed E-state index contributed by atoms with van der Waals surface area (Å²) in [6.07, 6.45) is 0.885. The van der Waals surface area contributed by atoms with Crippen LogP contribution in [0.3, 0.4) is 0 Å². The monoisotopic (exact) mass is 337 g/mol. The molecule has 25 heavy (non-hydrogen) atoms. The third kappa shape index (κ3) is 3.88. The van der Waals surface area contributed by atoms with Gasteiger partial charge in [0.15, 0.2) is 0 Å². The highest BCUT2D eigenvalue weighted by Gasteiger charge is 2.27. The van der Waals surface area contributed by atoms with Crippen LogP contribution in [0.4, 0.5) is 5.69 Å². The van der Waals surface area contributed by atoms with Crippen LogP contribution in [0.5, 0.6) is 0 Å². The molecule has 0 bridgehead atoms. The van der Waals surface area contributed by atoms with Crippen molar-refractivity contribution in [2.45, 2.75) is 38.9 Å². The van der Waals surface area contributed by atoms with Gasteiger partial charge >= 0.3 is 0 Å². The zero-order valence-electron chi connectivity index (χ0n) is 14.5. The number of rotatable bonds is 5. The van der Waals surface area contributed by atoms with E-state index in [4.69, 9.17) is 0 Å². The van der Waals surface area contributed by atoms with E-state index in [9.17, 15) is 9.59 Å². The average Bonchev–Trinajstić information content (AvgIpc) is 3.06. The van der Waals surface area contributed by atoms with Gasteiger partial charge in [0.05, 0.1) is 0 Å². The Morgan fingerprint density at radius 2 is 1.88 bits per heavy atom. The van der Waals surface area contributed by atoms with E-state index < -0.39 is 0 Å². The molecule has 0 radical (unpaired) electrons. The normalized spacial score (nSPS) is 16.8. The summed E-state index contributed by atoms with van der Waals surface area (Å²) in [7, 11) is 0. The van der Waals surface area contributed by atoms with Crippen molar-refractivity contribution in [3.63, 3.8) is 0 Å². The topological polar surface area (TPSA) is 70.2 Å². The number of hydrogen-bond acceptors (Lipinski definition) is 3. The summed E-state index contributed by atoms with van der Waals surface area (Å²) in [5, 5.41) is 9.06. The van der Waals surface area contributed by atoms with Gasteiger partial charge in [-0.25, -0.2) is 0 Å². The Morgan fingerprint density at radius 3 is 2.60 bits per heavy atom. The molecule has 0 aromatic heterocycles. The molecule has 3 N–H and O–H groups in total. The van der Waals surface area contributed by atoms with Crippen LogP contribution in [0.25, 0.3) is 0 Å². The third-order valence-corrected chi connectivity index (χ3v) is 4.53. The maximum absolute atomic E-state index is 12.5. The Morgan fingerprint density at radius 1 is 1.16 bits per heavy atom. The van der Waals surface area contributed by atoms with Crippen molar-refractivity contribution < 1.29 is 9.59 Å². The summed E-state index contributed by atoms with van der Waals surface area (Å²) in [6.45, 7) is 4.70. The minimum absolute atomic E-state index is 0.0956. The van der Waals surface area contributed by atoms with Gasteiger partial charge in [0.2, 0.25) is 5.91 Å². The Labute approximate surface area is 147 Å². The molecule has 2 aromatic carbocycles. The Bertz CT molecular complexity index is 771. The van der Waals surface area contributed by atoms with Crippen LogP contribution < -0.4 is 16.0 Å². The summed E-state index contributed by atoms with van der Waals surface area (Å²) in [5.74, 6) is -0.194. The van der Waals surface area contributed by atoms with Crippen molar-refractivity contribution in [3.05, 3.63) is 65.2 Å². The first kappa shape index (κ1) is 17.2. The van der Waals surface area contributed by atoms with E-state index in [1.807, 2.05) is 38.1 Å². The highest BCUT2D eigenvalue weighted by atomic mass is 16.2. The number of benzene rings is 2. The van der Waals surface area contributed by atoms with E-state index in [1.54, 1.807) is 24.3 Å². The Hall–Kier alpha value is -2.66. The second kappa shape index (κ2) is 7.49. The molecule has 2 unspecified atom stereocenters. The molecule has 1 heterocycles. The quantitative estimate of drug-likeness (QED) is 0.785. The molecule has 2 atom stereocenters. The second-order valence-electron chi connectivity index (χ2n) is 6.36. The molecule has 5 heteroatoms. The zero-order valence-corrected chi connectivity index (χ0v) is 14.5. The minimum atomic E-state index is -0.343. The van der Waals surface area contributed by atoms with Gasteiger partial charge in [-0.1, -0.05) is 31.2 Å². The van der Waals surface area contributed by atoms with Gasteiger partial charge in [0.25, 0.3) is 5.91 Å². The molecule has 130 valence electrons. The smallest absolute Gasteiger partial charge is 0.251 e. The van der Waals surface area contributed by atoms with E-state index in [0.29, 0.717) is 17.8 Å². The zero-order chi connectivity index (χ0) is 17.8. The SMILES string of the molecule is CCC(C)NC(=O)c1ccc(NC(=O)C2NCc3ccccc32)cc1. The summed E-state index contributed by atoms with van der Waals surface area (Å²) in [6, 6.07) is 14.7. The number of carbonyl (C=O) groups excluding carboxylic acids is 2. The summed E-state index contributed by atoms with van der Waals surface area (Å²) >= 11 is 0. The summed E-state index contributed by atoms with van der Waals surface area (Å²) in [5.41, 5.74) is 3.43. The lowest BCUT2D eigenvalue weighted by Crippen LogP contribution is -2.31. The van der Waals surface area contributed by atoms with Crippen molar-refractivity contribution in [1.82, 2.24) is 10.6 Å². The van der Waals surface area contributed by atoms with Crippen molar-refractivity contribution in [2.75, 3.05) is 5.32 Å². The first-order valence-electron chi connectivity index (χ1n) is 8.61. The summed E-state index contributed by atoms with van der Waals surface area (Å²) < 4.78 is 0. The van der Waals surface area contributed by atoms with Crippen LogP contribution >= 0.6 is 0 Å². The number of fused-ring (bicyclic) bond motifs is 1. The van der Waals surface area contributed by atoms with Gasteiger partial charge in [-0.15, -0.1) is 0 Å². The molecule has 0 fully saturated rings. The average molecular weight is 337 g/mol. The Balaban J connectivity index is 1.64. The first-order chi connectivity index (χ1) is 12.1. The highest BCUT2D eigenvalue weighted by Crippen LogP contribution is 2.26. The molecule has 0 aliphatic carbocycles. The third-order valence-electron chi connectivity index (χ3n) is 4.53. The summed E-state index contributed by atoms with van der Waals surface area (Å²) in [4.78, 5) is 24.6. The van der Waals surface area contributed by atoms with E-state index in [0.717, 1.165) is 17.5 Å². The second-order valence-corrected chi connectivity index (χ2v) is 6.36. The number of amides is 2. The maximum Gasteiger partial charge on any atom is 0.251 e. The van der Waals surface area contributed by atoms with Gasteiger partial charge in [0, 0.05) is 23.8 Å². The molecule has 5 nitrogen and oxygen atoms in total. The fraction of sp³-hybridized carbons (Fsp3) is 0.300. The number of nitrogens with one attached hydrogen (secondary N) is 3. The minimum Gasteiger partial charge on any atom is -0.350 e. The number of anilines is 1. The van der Waals surface area contributed by atoms with E-state index in [1.165, 1.54) is 0 Å². The van der Waals surface area contributed by atoms with Gasteiger partial charge in [-0.3, -0.25) is 14.9 Å². The predicted octanol–water partition coefficient (Wildman–Crippen LogP) is 3.00. The fourth-order valence-electron chi connectivity index (χ4n) is 2.86. The van der Waals surface area contributed by atoms with Crippen molar-refractivity contribution >= 4 is 17.5 Å². The highest BCUT2D eigenvalue weighted by molar-refractivity contribution is 5.98.